The van der Waals surface area contributed by atoms with Gasteiger partial charge in [-0.25, -0.2) is 12.8 Å². The van der Waals surface area contributed by atoms with Crippen LogP contribution in [-0.4, -0.2) is 113 Å². The maximum Gasteiger partial charge on any atom is 0.335 e. The predicted octanol–water partition coefficient (Wildman–Crippen LogP) is 11.7. The van der Waals surface area contributed by atoms with Crippen LogP contribution in [0.4, 0.5) is 24.4 Å². The highest BCUT2D eigenvalue weighted by atomic mass is 32.3. The van der Waals surface area contributed by atoms with Crippen LogP contribution in [0.2, 0.25) is 18.1 Å². The van der Waals surface area contributed by atoms with Crippen molar-refractivity contribution in [3.05, 3.63) is 254 Å². The predicted molar refractivity (Wildman–Crippen MR) is 390 cm³/mol. The summed E-state index contributed by atoms with van der Waals surface area (Å²) in [5.74, 6) is 0.974. The topological polar surface area (TPSA) is 183 Å². The van der Waals surface area contributed by atoms with E-state index in [-0.39, 0.29) is 57.9 Å². The fraction of sp³-hybridized carbons (Fsp3) is 0.250. The molecule has 0 fully saturated rings. The summed E-state index contributed by atoms with van der Waals surface area (Å²) in [6.07, 6.45) is 1.16. The van der Waals surface area contributed by atoms with Crippen LogP contribution in [0.5, 0.6) is 17.2 Å². The third-order valence-electron chi connectivity index (χ3n) is 15.2. The smallest absolute Gasteiger partial charge is 0.335 e. The van der Waals surface area contributed by atoms with Gasteiger partial charge in [0.05, 0.1) is 25.7 Å². The summed E-state index contributed by atoms with van der Waals surface area (Å²) >= 11 is -0.750. The van der Waals surface area contributed by atoms with Crippen molar-refractivity contribution in [1.82, 2.24) is 0 Å². The van der Waals surface area contributed by atoms with Crippen molar-refractivity contribution in [1.29, 1.82) is 0 Å². The molecule has 0 aliphatic carbocycles. The number of anilines is 2. The number of benzene rings is 9. The highest BCUT2D eigenvalue weighted by Gasteiger charge is 2.39. The van der Waals surface area contributed by atoms with Crippen molar-refractivity contribution >= 4 is 84.4 Å². The molecule has 96 heavy (non-hydrogen) atoms. The Kier molecular flexibility index (Phi) is 34.0. The molecule has 0 amide bonds. The van der Waals surface area contributed by atoms with E-state index in [2.05, 4.69) is 180 Å². The highest BCUT2D eigenvalue weighted by Crippen LogP contribution is 2.45. The van der Waals surface area contributed by atoms with E-state index >= 15 is 0 Å². The first-order chi connectivity index (χ1) is 44.7. The van der Waals surface area contributed by atoms with Gasteiger partial charge < -0.3 is 27.9 Å². The molecule has 0 bridgehead atoms. The van der Waals surface area contributed by atoms with Crippen LogP contribution in [0.3, 0.4) is 0 Å². The molecule has 24 heteroatoms. The summed E-state index contributed by atoms with van der Waals surface area (Å²) in [5, 5.41) is 4.11. The minimum absolute atomic E-state index is 0. The molecule has 0 saturated carbocycles. The number of alkyl halides is 1. The third kappa shape index (κ3) is 27.1. The standard InChI is InChI=1S/C24H27NO6S2.C19H18NP.C19H26OSi.C10H13F2NO2S.2FH.O2S/c1-30-23-12-8-20(9-13-23)21-10-14-24(15-11-21)31-33(28,29)19-17-25(16-18-32(2,26)27)22-6-4-3-5-7-22;1-20-21(17-11-5-2-6-12-17,18-13-7-3-8-14-18)19-15-9-4-10-16-19;1-15-7-9-16(10-8-15)17-11-13-18(14-12-17)20-21(5,6)19(2,3)4;11-6-7-13(8-9-16(12,14)15)10-4-2-1-3-5-10;;;1-3-2/h3-15H,16-19H2,1-2H3;2-16H,1H3;7-14H,1-6H3;1-5H,6-9H2;2*1H;/p-1. The molecule has 9 aromatic rings. The van der Waals surface area contributed by atoms with Gasteiger partial charge in [-0.05, 0) is 108 Å². The van der Waals surface area contributed by atoms with Gasteiger partial charge in [0, 0.05) is 66.8 Å². The number of nitrogens with zero attached hydrogens (tertiary/aromatic N) is 3. The number of rotatable bonds is 23. The molecule has 0 atom stereocenters. The second-order valence-electron chi connectivity index (χ2n) is 23.0. The molecule has 0 aromatic heterocycles. The zero-order valence-electron chi connectivity index (χ0n) is 55.3. The lowest BCUT2D eigenvalue weighted by atomic mass is 10.0. The lowest BCUT2D eigenvalue weighted by Gasteiger charge is -2.36. The van der Waals surface area contributed by atoms with E-state index in [0.29, 0.717) is 5.69 Å². The summed E-state index contributed by atoms with van der Waals surface area (Å²) in [6, 6.07) is 81.2. The fourth-order valence-electron chi connectivity index (χ4n) is 9.15. The lowest BCUT2D eigenvalue weighted by molar-refractivity contribution is -0.0000324. The maximum atomic E-state index is 12.6. The second kappa shape index (κ2) is 39.8. The van der Waals surface area contributed by atoms with E-state index in [0.717, 1.165) is 34.6 Å². The Morgan fingerprint density at radius 3 is 1.16 bits per heavy atom. The minimum Gasteiger partial charge on any atom is -1.00 e. The van der Waals surface area contributed by atoms with Crippen LogP contribution in [-0.2, 0) is 41.7 Å². The zero-order valence-corrected chi connectivity index (χ0v) is 60.4. The molecule has 9 aromatic carbocycles. The molecule has 9 rings (SSSR count). The van der Waals surface area contributed by atoms with Gasteiger partial charge in [-0.2, -0.15) is 25.3 Å². The monoisotopic (exact) mass is 1430 g/mol. The molecular formula is C72H85F4N3O11PS4Si-. The Hall–Kier alpha value is -8.18. The normalized spacial score (nSPS) is 11.2. The second-order valence-corrected chi connectivity index (χ2v) is 36.5. The molecule has 0 unspecified atom stereocenters. The van der Waals surface area contributed by atoms with E-state index in [1.807, 2.05) is 61.6 Å². The molecular weight excluding hydrogens is 1350 g/mol. The number of halogens is 4. The number of sulfone groups is 1. The van der Waals surface area contributed by atoms with Crippen molar-refractivity contribution in [2.75, 3.05) is 80.3 Å². The average Bonchev–Trinajstić information content (AvgIpc) is 0.767. The molecule has 0 aliphatic rings. The molecule has 0 aliphatic heterocycles. The van der Waals surface area contributed by atoms with Gasteiger partial charge in [-0.15, -0.1) is 3.89 Å². The zero-order chi connectivity index (χ0) is 68.8. The number of ether oxygens (including phenoxy) is 1. The Morgan fingerprint density at radius 1 is 0.500 bits per heavy atom. The summed E-state index contributed by atoms with van der Waals surface area (Å²) in [4.78, 5) is 3.23. The summed E-state index contributed by atoms with van der Waals surface area (Å²) in [5.41, 5.74) is 7.09. The van der Waals surface area contributed by atoms with Crippen molar-refractivity contribution in [3.63, 3.8) is 0 Å². The summed E-state index contributed by atoms with van der Waals surface area (Å²) in [6.45, 7) is 13.1. The number of para-hydroxylation sites is 2. The van der Waals surface area contributed by atoms with E-state index in [4.69, 9.17) is 26.5 Å². The Labute approximate surface area is 570 Å². The van der Waals surface area contributed by atoms with E-state index in [9.17, 15) is 33.5 Å². The van der Waals surface area contributed by atoms with Gasteiger partial charge in [-0.3, -0.25) is 9.45 Å². The molecule has 0 N–H and O–H groups in total. The molecule has 0 saturated heterocycles. The van der Waals surface area contributed by atoms with Gasteiger partial charge in [0.25, 0.3) is 0 Å². The van der Waals surface area contributed by atoms with E-state index < -0.39 is 69.5 Å². The lowest BCUT2D eigenvalue weighted by Crippen LogP contribution is -3.00. The third-order valence-corrected chi connectivity index (χ3v) is 26.0. The van der Waals surface area contributed by atoms with E-state index in [1.54, 1.807) is 66.6 Å². The quantitative estimate of drug-likeness (QED) is 0.0194. The summed E-state index contributed by atoms with van der Waals surface area (Å²) in [7, 11) is -11.7. The SMILES string of the molecule is CN=P(c1ccccc1)(c1ccccc1)c1ccccc1.COc1ccc(-c2ccc(OS(=O)(=O)CCN(CCS(C)(=O)=O)c3ccccc3)cc2)cc1.Cc1ccc(-c2ccc(O[Si](C)(C)C(C)(C)C)cc2)cc1.F.O=S(=O)(F)CCN(CCF)c1ccccc1.O=S=O.[F-]. The summed E-state index contributed by atoms with van der Waals surface area (Å²) < 4.78 is 132. The number of hydrogen-bond acceptors (Lipinski definition) is 14. The van der Waals surface area contributed by atoms with Crippen molar-refractivity contribution in [3.8, 4) is 39.5 Å². The van der Waals surface area contributed by atoms with Crippen molar-refractivity contribution < 1.29 is 64.7 Å². The fourth-order valence-corrected chi connectivity index (χ4v) is 15.5. The Balaban J connectivity index is 0.000000337. The number of methoxy groups -OCH3 is 1. The molecule has 14 nitrogen and oxygen atoms in total. The Bertz CT molecular complexity index is 4050. The average molecular weight is 1430 g/mol. The first-order valence-corrected chi connectivity index (χ1v) is 40.5. The van der Waals surface area contributed by atoms with Gasteiger partial charge in [0.15, 0.2) is 0 Å². The molecule has 0 radical (unpaired) electrons. The van der Waals surface area contributed by atoms with Crippen LogP contribution in [0.1, 0.15) is 26.3 Å². The van der Waals surface area contributed by atoms with Crippen LogP contribution in [0.15, 0.2) is 253 Å². The van der Waals surface area contributed by atoms with Gasteiger partial charge in [0.1, 0.15) is 39.5 Å². The van der Waals surface area contributed by atoms with Crippen LogP contribution >= 0.6 is 7.05 Å². The first kappa shape index (κ1) is 82.0. The van der Waals surface area contributed by atoms with Crippen LogP contribution in [0.25, 0.3) is 22.3 Å². The van der Waals surface area contributed by atoms with Crippen molar-refractivity contribution in [2.45, 2.75) is 45.8 Å². The van der Waals surface area contributed by atoms with Gasteiger partial charge >= 0.3 is 31.9 Å². The molecule has 516 valence electrons. The number of aryl methyl sites for hydroxylation is 1. The Morgan fingerprint density at radius 2 is 0.823 bits per heavy atom. The van der Waals surface area contributed by atoms with Crippen LogP contribution in [0, 0.1) is 6.92 Å². The van der Waals surface area contributed by atoms with Gasteiger partial charge in [-0.1, -0.05) is 214 Å². The number of hydrogen-bond donors (Lipinski definition) is 0. The molecule has 0 spiro atoms. The van der Waals surface area contributed by atoms with E-state index in [1.165, 1.54) is 37.5 Å². The van der Waals surface area contributed by atoms with Crippen LogP contribution < -0.4 is 43.8 Å². The largest absolute Gasteiger partial charge is 1.00 e. The maximum absolute atomic E-state index is 12.6. The van der Waals surface area contributed by atoms with Gasteiger partial charge in [0.2, 0.25) is 8.32 Å². The van der Waals surface area contributed by atoms with Crippen molar-refractivity contribution in [2.24, 2.45) is 4.74 Å². The highest BCUT2D eigenvalue weighted by molar-refractivity contribution is 7.90. The molecule has 0 heterocycles. The first-order valence-electron chi connectivity index (χ1n) is 30.0. The minimum atomic E-state index is -4.51.